The van der Waals surface area contributed by atoms with Crippen LogP contribution in [0.4, 0.5) is 0 Å². The second-order valence-corrected chi connectivity index (χ2v) is 10.2. The van der Waals surface area contributed by atoms with Gasteiger partial charge in [0.15, 0.2) is 6.61 Å². The Morgan fingerprint density at radius 3 is 2.33 bits per heavy atom. The maximum atomic E-state index is 12.9. The Kier molecular flexibility index (Phi) is 7.63. The highest BCUT2D eigenvalue weighted by Crippen LogP contribution is 2.24. The second kappa shape index (κ2) is 9.59. The molecule has 0 aliphatic carbocycles. The lowest BCUT2D eigenvalue weighted by atomic mass is 10.1. The third-order valence-corrected chi connectivity index (χ3v) is 6.09. The van der Waals surface area contributed by atoms with Crippen LogP contribution in [-0.4, -0.2) is 43.8 Å². The third-order valence-electron chi connectivity index (χ3n) is 3.96. The zero-order valence-corrected chi connectivity index (χ0v) is 18.9. The molecule has 0 radical (unpaired) electrons. The molecule has 0 aliphatic heterocycles. The second-order valence-electron chi connectivity index (χ2n) is 7.76. The summed E-state index contributed by atoms with van der Waals surface area (Å²) in [5.41, 5.74) is 0.217. The highest BCUT2D eigenvalue weighted by Gasteiger charge is 2.24. The molecule has 1 amide bonds. The summed E-state index contributed by atoms with van der Waals surface area (Å²) >= 11 is 6.06. The van der Waals surface area contributed by atoms with Gasteiger partial charge in [0.1, 0.15) is 0 Å². The minimum absolute atomic E-state index is 0.0286. The lowest BCUT2D eigenvalue weighted by Gasteiger charge is -2.20. The molecule has 0 atom stereocenters. The summed E-state index contributed by atoms with van der Waals surface area (Å²) in [5, 5.41) is 2.69. The number of amides is 1. The van der Waals surface area contributed by atoms with Crippen molar-refractivity contribution < 1.29 is 22.7 Å². The van der Waals surface area contributed by atoms with Gasteiger partial charge in [0.05, 0.1) is 15.5 Å². The normalized spacial score (nSPS) is 11.9. The summed E-state index contributed by atoms with van der Waals surface area (Å²) in [6.07, 6.45) is 0. The van der Waals surface area contributed by atoms with Gasteiger partial charge in [0, 0.05) is 19.1 Å². The van der Waals surface area contributed by atoms with Crippen LogP contribution in [0, 0.1) is 0 Å². The van der Waals surface area contributed by atoms with Crippen LogP contribution >= 0.6 is 11.6 Å². The molecule has 7 nitrogen and oxygen atoms in total. The standard InChI is InChI=1S/C21H25ClN2O5S/c1-21(2,3)23-19(25)14-29-20(26)17-12-16(10-11-18(17)22)30(27,28)24(4)13-15-8-6-5-7-9-15/h5-12H,13-14H2,1-4H3,(H,23,25). The van der Waals surface area contributed by atoms with E-state index in [-0.39, 0.29) is 22.0 Å². The molecule has 0 saturated carbocycles. The molecule has 30 heavy (non-hydrogen) atoms. The number of nitrogens with zero attached hydrogens (tertiary/aromatic N) is 1. The molecule has 2 aromatic rings. The SMILES string of the molecule is CN(Cc1ccccc1)S(=O)(=O)c1ccc(Cl)c(C(=O)OCC(=O)NC(C)(C)C)c1. The number of halogens is 1. The summed E-state index contributed by atoms with van der Waals surface area (Å²) in [4.78, 5) is 24.1. The molecule has 0 saturated heterocycles. The van der Waals surface area contributed by atoms with Gasteiger partial charge in [-0.25, -0.2) is 13.2 Å². The number of carbonyl (C=O) groups is 2. The molecule has 2 aromatic carbocycles. The largest absolute Gasteiger partial charge is 0.452 e. The Morgan fingerprint density at radius 2 is 1.73 bits per heavy atom. The number of esters is 1. The zero-order chi connectivity index (χ0) is 22.5. The first-order valence-electron chi connectivity index (χ1n) is 9.18. The highest BCUT2D eigenvalue weighted by molar-refractivity contribution is 7.89. The van der Waals surface area contributed by atoms with Crippen LogP contribution in [0.25, 0.3) is 0 Å². The van der Waals surface area contributed by atoms with Gasteiger partial charge in [-0.1, -0.05) is 41.9 Å². The van der Waals surface area contributed by atoms with E-state index in [2.05, 4.69) is 5.32 Å². The fourth-order valence-electron chi connectivity index (χ4n) is 2.59. The maximum Gasteiger partial charge on any atom is 0.340 e. The van der Waals surface area contributed by atoms with Crippen molar-refractivity contribution in [2.45, 2.75) is 37.8 Å². The fourth-order valence-corrected chi connectivity index (χ4v) is 3.97. The van der Waals surface area contributed by atoms with E-state index in [1.54, 1.807) is 20.8 Å². The van der Waals surface area contributed by atoms with Crippen molar-refractivity contribution >= 4 is 33.5 Å². The van der Waals surface area contributed by atoms with Crippen LogP contribution in [-0.2, 0) is 26.1 Å². The van der Waals surface area contributed by atoms with Crippen LogP contribution in [0.3, 0.4) is 0 Å². The molecule has 162 valence electrons. The van der Waals surface area contributed by atoms with E-state index in [0.29, 0.717) is 0 Å². The summed E-state index contributed by atoms with van der Waals surface area (Å²) in [6, 6.07) is 12.9. The first-order valence-corrected chi connectivity index (χ1v) is 11.0. The monoisotopic (exact) mass is 452 g/mol. The molecule has 0 heterocycles. The minimum Gasteiger partial charge on any atom is -0.452 e. The Balaban J connectivity index is 2.17. The number of rotatable bonds is 7. The molecular formula is C21H25ClN2O5S. The number of carbonyl (C=O) groups excluding carboxylic acids is 2. The Hall–Kier alpha value is -2.42. The number of hydrogen-bond acceptors (Lipinski definition) is 5. The highest BCUT2D eigenvalue weighted by atomic mass is 35.5. The van der Waals surface area contributed by atoms with Gasteiger partial charge in [0.2, 0.25) is 10.0 Å². The third kappa shape index (κ3) is 6.55. The van der Waals surface area contributed by atoms with Gasteiger partial charge in [-0.2, -0.15) is 4.31 Å². The van der Waals surface area contributed by atoms with Crippen LogP contribution in [0.1, 0.15) is 36.7 Å². The molecule has 0 unspecified atom stereocenters. The molecule has 1 N–H and O–H groups in total. The fraction of sp³-hybridized carbons (Fsp3) is 0.333. The smallest absolute Gasteiger partial charge is 0.340 e. The molecule has 0 bridgehead atoms. The summed E-state index contributed by atoms with van der Waals surface area (Å²) in [5.74, 6) is -1.36. The van der Waals surface area contributed by atoms with Crippen molar-refractivity contribution in [1.29, 1.82) is 0 Å². The quantitative estimate of drug-likeness (QED) is 0.651. The number of sulfonamides is 1. The van der Waals surface area contributed by atoms with E-state index in [9.17, 15) is 18.0 Å². The topological polar surface area (TPSA) is 92.8 Å². The summed E-state index contributed by atoms with van der Waals surface area (Å²) in [7, 11) is -2.43. The van der Waals surface area contributed by atoms with Gasteiger partial charge < -0.3 is 10.1 Å². The Morgan fingerprint density at radius 1 is 1.10 bits per heavy atom. The number of benzene rings is 2. The van der Waals surface area contributed by atoms with Crippen LogP contribution in [0.2, 0.25) is 5.02 Å². The predicted octanol–water partition coefficient (Wildman–Crippen LogP) is 3.23. The summed E-state index contributed by atoms with van der Waals surface area (Å²) in [6.45, 7) is 5.05. The van der Waals surface area contributed by atoms with E-state index in [1.165, 1.54) is 23.5 Å². The van der Waals surface area contributed by atoms with Gasteiger partial charge in [-0.15, -0.1) is 0 Å². The van der Waals surface area contributed by atoms with Gasteiger partial charge in [0.25, 0.3) is 5.91 Å². The van der Waals surface area contributed by atoms with Crippen molar-refractivity contribution in [2.24, 2.45) is 0 Å². The zero-order valence-electron chi connectivity index (χ0n) is 17.3. The first-order chi connectivity index (χ1) is 13.9. The average Bonchev–Trinajstić information content (AvgIpc) is 2.65. The maximum absolute atomic E-state index is 12.9. The molecule has 2 rings (SSSR count). The van der Waals surface area contributed by atoms with E-state index in [0.717, 1.165) is 11.6 Å². The molecular weight excluding hydrogens is 428 g/mol. The predicted molar refractivity (Wildman–Crippen MR) is 115 cm³/mol. The van der Waals surface area contributed by atoms with E-state index < -0.39 is 34.0 Å². The first kappa shape index (κ1) is 23.9. The van der Waals surface area contributed by atoms with Crippen LogP contribution < -0.4 is 5.32 Å². The molecule has 0 aromatic heterocycles. The molecule has 9 heteroatoms. The van der Waals surface area contributed by atoms with Crippen LogP contribution in [0.15, 0.2) is 53.4 Å². The van der Waals surface area contributed by atoms with E-state index in [1.807, 2.05) is 30.3 Å². The molecule has 0 aliphatic rings. The van der Waals surface area contributed by atoms with Gasteiger partial charge >= 0.3 is 5.97 Å². The summed E-state index contributed by atoms with van der Waals surface area (Å²) < 4.78 is 32.0. The van der Waals surface area contributed by atoms with E-state index >= 15 is 0 Å². The minimum atomic E-state index is -3.88. The van der Waals surface area contributed by atoms with Crippen molar-refractivity contribution in [3.63, 3.8) is 0 Å². The Bertz CT molecular complexity index is 1020. The number of ether oxygens (including phenoxy) is 1. The number of nitrogens with one attached hydrogen (secondary N) is 1. The van der Waals surface area contributed by atoms with Crippen molar-refractivity contribution in [1.82, 2.24) is 9.62 Å². The molecule has 0 fully saturated rings. The van der Waals surface area contributed by atoms with E-state index in [4.69, 9.17) is 16.3 Å². The molecule has 0 spiro atoms. The van der Waals surface area contributed by atoms with Crippen LogP contribution in [0.5, 0.6) is 0 Å². The van der Waals surface area contributed by atoms with Crippen molar-refractivity contribution in [2.75, 3.05) is 13.7 Å². The lowest BCUT2D eigenvalue weighted by Crippen LogP contribution is -2.42. The number of hydrogen-bond donors (Lipinski definition) is 1. The lowest BCUT2D eigenvalue weighted by molar-refractivity contribution is -0.125. The van der Waals surface area contributed by atoms with Crippen molar-refractivity contribution in [3.8, 4) is 0 Å². The average molecular weight is 453 g/mol. The van der Waals surface area contributed by atoms with Gasteiger partial charge in [-0.3, -0.25) is 4.79 Å². The van der Waals surface area contributed by atoms with Crippen molar-refractivity contribution in [3.05, 3.63) is 64.7 Å². The Labute approximate surface area is 182 Å². The van der Waals surface area contributed by atoms with Gasteiger partial charge in [-0.05, 0) is 44.5 Å².